The van der Waals surface area contributed by atoms with Crippen molar-refractivity contribution in [3.8, 4) is 0 Å². The van der Waals surface area contributed by atoms with Gasteiger partial charge in [-0.1, -0.05) is 36.4 Å². The number of benzene rings is 3. The standard InChI is InChI=1S/C27H31N3O2/c1-4-30(26-11-7-9-23-8-5-6-10-25(23)26)27(32)20(2)28-16-18-29(19-17-28)24-14-12-22(13-15-24)21(3)31/h5-15,20H,4,16-19H2,1-3H3/t20-/m1/s1. The number of likely N-dealkylation sites (N-methyl/N-ethyl adjacent to an activating group) is 1. The normalized spacial score (nSPS) is 15.5. The van der Waals surface area contributed by atoms with Crippen LogP contribution in [0.3, 0.4) is 0 Å². The van der Waals surface area contributed by atoms with Crippen LogP contribution >= 0.6 is 0 Å². The number of hydrogen-bond donors (Lipinski definition) is 0. The Labute approximate surface area is 190 Å². The zero-order chi connectivity index (χ0) is 22.7. The number of carbonyl (C=O) groups excluding carboxylic acids is 2. The summed E-state index contributed by atoms with van der Waals surface area (Å²) in [4.78, 5) is 31.5. The molecule has 1 aliphatic rings. The second-order valence-electron chi connectivity index (χ2n) is 8.38. The van der Waals surface area contributed by atoms with Crippen LogP contribution < -0.4 is 9.80 Å². The molecular formula is C27H31N3O2. The van der Waals surface area contributed by atoms with E-state index in [1.165, 1.54) is 0 Å². The van der Waals surface area contributed by atoms with Crippen molar-refractivity contribution < 1.29 is 9.59 Å². The highest BCUT2D eigenvalue weighted by Crippen LogP contribution is 2.28. The smallest absolute Gasteiger partial charge is 0.244 e. The van der Waals surface area contributed by atoms with Gasteiger partial charge in [-0.2, -0.15) is 0 Å². The minimum absolute atomic E-state index is 0.0837. The van der Waals surface area contributed by atoms with Crippen molar-refractivity contribution in [1.29, 1.82) is 0 Å². The summed E-state index contributed by atoms with van der Waals surface area (Å²) in [7, 11) is 0. The first-order valence-corrected chi connectivity index (χ1v) is 11.4. The molecule has 1 heterocycles. The fourth-order valence-corrected chi connectivity index (χ4v) is 4.54. The van der Waals surface area contributed by atoms with E-state index in [2.05, 4.69) is 28.0 Å². The van der Waals surface area contributed by atoms with Gasteiger partial charge in [-0.25, -0.2) is 0 Å². The van der Waals surface area contributed by atoms with Gasteiger partial charge >= 0.3 is 0 Å². The topological polar surface area (TPSA) is 43.9 Å². The van der Waals surface area contributed by atoms with Crippen molar-refractivity contribution >= 4 is 33.8 Å². The van der Waals surface area contributed by atoms with Crippen molar-refractivity contribution in [2.75, 3.05) is 42.5 Å². The molecule has 5 heteroatoms. The van der Waals surface area contributed by atoms with Crippen molar-refractivity contribution in [3.63, 3.8) is 0 Å². The van der Waals surface area contributed by atoms with E-state index < -0.39 is 0 Å². The Morgan fingerprint density at radius 2 is 1.56 bits per heavy atom. The Balaban J connectivity index is 1.44. The molecular weight excluding hydrogens is 398 g/mol. The van der Waals surface area contributed by atoms with E-state index in [-0.39, 0.29) is 17.7 Å². The average Bonchev–Trinajstić information content (AvgIpc) is 2.84. The third-order valence-electron chi connectivity index (χ3n) is 6.50. The molecule has 1 atom stereocenters. The Morgan fingerprint density at radius 1 is 0.906 bits per heavy atom. The molecule has 0 radical (unpaired) electrons. The third kappa shape index (κ3) is 4.39. The van der Waals surface area contributed by atoms with Gasteiger partial charge in [0.25, 0.3) is 0 Å². The lowest BCUT2D eigenvalue weighted by Gasteiger charge is -2.40. The van der Waals surface area contributed by atoms with E-state index in [0.717, 1.165) is 53.9 Å². The highest BCUT2D eigenvalue weighted by molar-refractivity contribution is 6.05. The summed E-state index contributed by atoms with van der Waals surface area (Å²) in [6, 6.07) is 22.0. The maximum atomic E-state index is 13.5. The number of ketones is 1. The molecule has 0 aromatic heterocycles. The van der Waals surface area contributed by atoms with Crippen molar-refractivity contribution in [1.82, 2.24) is 4.90 Å². The van der Waals surface area contributed by atoms with Gasteiger partial charge in [-0.05, 0) is 56.5 Å². The summed E-state index contributed by atoms with van der Waals surface area (Å²) in [5.74, 6) is 0.225. The molecule has 3 aromatic rings. The van der Waals surface area contributed by atoms with Crippen molar-refractivity contribution in [3.05, 3.63) is 72.3 Å². The van der Waals surface area contributed by atoms with Crippen LogP contribution in [0.15, 0.2) is 66.7 Å². The molecule has 5 nitrogen and oxygen atoms in total. The van der Waals surface area contributed by atoms with E-state index in [1.54, 1.807) is 6.92 Å². The van der Waals surface area contributed by atoms with Gasteiger partial charge in [-0.3, -0.25) is 14.5 Å². The fourth-order valence-electron chi connectivity index (χ4n) is 4.54. The van der Waals surface area contributed by atoms with E-state index in [1.807, 2.05) is 67.3 Å². The molecule has 1 saturated heterocycles. The van der Waals surface area contributed by atoms with Crippen LogP contribution in [0.2, 0.25) is 0 Å². The molecule has 3 aromatic carbocycles. The molecule has 166 valence electrons. The highest BCUT2D eigenvalue weighted by Gasteiger charge is 2.29. The minimum atomic E-state index is -0.184. The summed E-state index contributed by atoms with van der Waals surface area (Å²) < 4.78 is 0. The van der Waals surface area contributed by atoms with Crippen molar-refractivity contribution in [2.24, 2.45) is 0 Å². The zero-order valence-corrected chi connectivity index (χ0v) is 19.1. The number of Topliss-reactive ketones (excluding diaryl/α,β-unsaturated/α-hetero) is 1. The molecule has 0 unspecified atom stereocenters. The van der Waals surface area contributed by atoms with Gasteiger partial charge in [0, 0.05) is 49.4 Å². The van der Waals surface area contributed by atoms with Crippen LogP contribution in [0.1, 0.15) is 31.1 Å². The Morgan fingerprint density at radius 3 is 2.22 bits per heavy atom. The Bertz CT molecular complexity index is 1100. The van der Waals surface area contributed by atoms with Gasteiger partial charge < -0.3 is 9.80 Å². The molecule has 1 aliphatic heterocycles. The molecule has 1 amide bonds. The molecule has 0 aliphatic carbocycles. The maximum Gasteiger partial charge on any atom is 0.244 e. The monoisotopic (exact) mass is 429 g/mol. The SMILES string of the molecule is CCN(C(=O)[C@@H](C)N1CCN(c2ccc(C(C)=O)cc2)CC1)c1cccc2ccccc12. The van der Waals surface area contributed by atoms with Gasteiger partial charge in [0.05, 0.1) is 11.7 Å². The quantitative estimate of drug-likeness (QED) is 0.537. The highest BCUT2D eigenvalue weighted by atomic mass is 16.2. The molecule has 4 rings (SSSR count). The second kappa shape index (κ2) is 9.53. The molecule has 0 bridgehead atoms. The first-order chi connectivity index (χ1) is 15.5. The summed E-state index contributed by atoms with van der Waals surface area (Å²) in [6.45, 7) is 9.66. The van der Waals surface area contributed by atoms with Gasteiger partial charge in [0.2, 0.25) is 5.91 Å². The van der Waals surface area contributed by atoms with Crippen LogP contribution in [0.5, 0.6) is 0 Å². The molecule has 0 spiro atoms. The maximum absolute atomic E-state index is 13.5. The molecule has 1 fully saturated rings. The van der Waals surface area contributed by atoms with Crippen LogP contribution in [-0.4, -0.2) is 55.4 Å². The largest absolute Gasteiger partial charge is 0.369 e. The number of hydrogen-bond acceptors (Lipinski definition) is 4. The van der Waals surface area contributed by atoms with Crippen LogP contribution in [-0.2, 0) is 4.79 Å². The van der Waals surface area contributed by atoms with Gasteiger partial charge in [0.1, 0.15) is 0 Å². The van der Waals surface area contributed by atoms with Crippen LogP contribution in [0, 0.1) is 0 Å². The lowest BCUT2D eigenvalue weighted by atomic mass is 10.1. The Hall–Kier alpha value is -3.18. The fraction of sp³-hybridized carbons (Fsp3) is 0.333. The average molecular weight is 430 g/mol. The van der Waals surface area contributed by atoms with Gasteiger partial charge in [-0.15, -0.1) is 0 Å². The number of amides is 1. The number of anilines is 2. The number of fused-ring (bicyclic) bond motifs is 1. The first-order valence-electron chi connectivity index (χ1n) is 11.4. The lowest BCUT2D eigenvalue weighted by Crippen LogP contribution is -2.54. The number of nitrogens with zero attached hydrogens (tertiary/aromatic N) is 3. The predicted molar refractivity (Wildman–Crippen MR) is 132 cm³/mol. The summed E-state index contributed by atoms with van der Waals surface area (Å²) in [5, 5.41) is 2.25. The van der Waals surface area contributed by atoms with E-state index in [0.29, 0.717) is 6.54 Å². The molecule has 32 heavy (non-hydrogen) atoms. The number of carbonyl (C=O) groups is 2. The minimum Gasteiger partial charge on any atom is -0.369 e. The van der Waals surface area contributed by atoms with Crippen LogP contribution in [0.4, 0.5) is 11.4 Å². The summed E-state index contributed by atoms with van der Waals surface area (Å²) >= 11 is 0. The Kier molecular flexibility index (Phi) is 6.56. The first kappa shape index (κ1) is 22.0. The van der Waals surface area contributed by atoms with Gasteiger partial charge in [0.15, 0.2) is 5.78 Å². The van der Waals surface area contributed by atoms with E-state index in [4.69, 9.17) is 0 Å². The number of rotatable bonds is 6. The van der Waals surface area contributed by atoms with E-state index in [9.17, 15) is 9.59 Å². The number of piperazine rings is 1. The third-order valence-corrected chi connectivity index (χ3v) is 6.50. The van der Waals surface area contributed by atoms with Crippen molar-refractivity contribution in [2.45, 2.75) is 26.8 Å². The van der Waals surface area contributed by atoms with Crippen LogP contribution in [0.25, 0.3) is 10.8 Å². The predicted octanol–water partition coefficient (Wildman–Crippen LogP) is 4.61. The lowest BCUT2D eigenvalue weighted by molar-refractivity contribution is -0.123. The summed E-state index contributed by atoms with van der Waals surface area (Å²) in [5.41, 5.74) is 2.84. The molecule has 0 N–H and O–H groups in total. The molecule has 0 saturated carbocycles. The zero-order valence-electron chi connectivity index (χ0n) is 19.1. The second-order valence-corrected chi connectivity index (χ2v) is 8.38. The van der Waals surface area contributed by atoms with E-state index >= 15 is 0 Å². The summed E-state index contributed by atoms with van der Waals surface area (Å²) in [6.07, 6.45) is 0.